The first-order valence-electron chi connectivity index (χ1n) is 13.4. The van der Waals surface area contributed by atoms with Crippen molar-refractivity contribution in [2.45, 2.75) is 42.1 Å². The van der Waals surface area contributed by atoms with Crippen LogP contribution in [0.2, 0.25) is 0 Å². The van der Waals surface area contributed by atoms with Crippen LogP contribution in [0.15, 0.2) is 71.8 Å². The number of amides is 1. The second-order valence-electron chi connectivity index (χ2n) is 10.2. The molecule has 2 aliphatic heterocycles. The van der Waals surface area contributed by atoms with Gasteiger partial charge in [-0.25, -0.2) is 4.79 Å². The molecule has 0 unspecified atom stereocenters. The molecule has 11 nitrogen and oxygen atoms in total. The molecule has 212 valence electrons. The predicted molar refractivity (Wildman–Crippen MR) is 147 cm³/mol. The van der Waals surface area contributed by atoms with Crippen molar-refractivity contribution in [3.63, 3.8) is 0 Å². The number of hydrogen-bond acceptors (Lipinski definition) is 8. The lowest BCUT2D eigenvalue weighted by molar-refractivity contribution is -0.147. The number of alkyl carbamates (subject to hydrolysis) is 1. The maximum Gasteiger partial charge on any atom is 0.407 e. The van der Waals surface area contributed by atoms with Gasteiger partial charge in [0.2, 0.25) is 0 Å². The summed E-state index contributed by atoms with van der Waals surface area (Å²) in [6.45, 7) is 0.778. The van der Waals surface area contributed by atoms with Gasteiger partial charge < -0.3 is 34.1 Å². The largest absolute Gasteiger partial charge is 0.497 e. The fourth-order valence-corrected chi connectivity index (χ4v) is 6.57. The molecule has 3 aromatic rings. The normalized spacial score (nSPS) is 26.9. The molecule has 1 amide bonds. The van der Waals surface area contributed by atoms with Crippen LogP contribution in [0.25, 0.3) is 10.4 Å². The molecule has 1 saturated carbocycles. The van der Waals surface area contributed by atoms with E-state index in [1.807, 2.05) is 54.6 Å². The first-order valence-corrected chi connectivity index (χ1v) is 13.4. The number of aliphatic hydroxyl groups is 1. The molecule has 0 aromatic heterocycles. The Bertz CT molecular complexity index is 1490. The molecule has 6 rings (SSSR count). The Balaban J connectivity index is 1.50. The molecule has 2 N–H and O–H groups in total. The number of fused-ring (bicyclic) bond motifs is 5. The van der Waals surface area contributed by atoms with Crippen LogP contribution in [-0.4, -0.2) is 50.7 Å². The number of carbonyl (C=O) groups excluding carboxylic acids is 1. The summed E-state index contributed by atoms with van der Waals surface area (Å²) in [5.74, 6) is 1.32. The van der Waals surface area contributed by atoms with Crippen LogP contribution in [0, 0.1) is 0 Å². The Morgan fingerprint density at radius 1 is 1.05 bits per heavy atom. The molecule has 0 bridgehead atoms. The summed E-state index contributed by atoms with van der Waals surface area (Å²) in [6, 6.07) is 19.8. The van der Waals surface area contributed by atoms with Gasteiger partial charge in [0.1, 0.15) is 23.0 Å². The van der Waals surface area contributed by atoms with Gasteiger partial charge in [-0.3, -0.25) is 0 Å². The van der Waals surface area contributed by atoms with E-state index in [9.17, 15) is 9.90 Å². The third kappa shape index (κ3) is 4.00. The van der Waals surface area contributed by atoms with Crippen molar-refractivity contribution in [1.82, 2.24) is 5.32 Å². The van der Waals surface area contributed by atoms with Crippen molar-refractivity contribution < 1.29 is 33.6 Å². The summed E-state index contributed by atoms with van der Waals surface area (Å²) in [5, 5.41) is 19.5. The molecule has 2 fully saturated rings. The smallest absolute Gasteiger partial charge is 0.407 e. The van der Waals surface area contributed by atoms with Crippen molar-refractivity contribution in [1.29, 1.82) is 0 Å². The van der Waals surface area contributed by atoms with Crippen LogP contribution in [-0.2, 0) is 15.9 Å². The van der Waals surface area contributed by atoms with E-state index in [1.165, 1.54) is 7.11 Å². The monoisotopic (exact) mass is 558 g/mol. The molecule has 41 heavy (non-hydrogen) atoms. The van der Waals surface area contributed by atoms with Crippen LogP contribution < -0.4 is 24.3 Å². The van der Waals surface area contributed by atoms with Gasteiger partial charge in [-0.2, -0.15) is 0 Å². The number of ether oxygens (including phenoxy) is 5. The number of unbranched alkanes of at least 4 members (excludes halogenated alkanes) is 1. The molecule has 1 aliphatic carbocycles. The number of hydrogen-bond donors (Lipinski definition) is 2. The fourth-order valence-electron chi connectivity index (χ4n) is 6.57. The Kier molecular flexibility index (Phi) is 6.76. The predicted octanol–water partition coefficient (Wildman–Crippen LogP) is 4.92. The van der Waals surface area contributed by atoms with Gasteiger partial charge in [0, 0.05) is 23.6 Å². The molecule has 5 atom stereocenters. The Morgan fingerprint density at radius 3 is 2.54 bits per heavy atom. The van der Waals surface area contributed by atoms with Crippen molar-refractivity contribution in [2.75, 3.05) is 27.4 Å². The van der Waals surface area contributed by atoms with E-state index in [2.05, 4.69) is 15.3 Å². The Morgan fingerprint density at radius 2 is 1.83 bits per heavy atom. The SMILES string of the molecule is COc1ccc([C@@]23Oc4cc(OCCCCN=[N+]=[N-])cc(OC)c4[C@]2(O)[C@@H]2OC(=O)N[C@@H]2[C@H]3c2ccccc2)cc1. The molecule has 0 spiro atoms. The highest BCUT2D eigenvalue weighted by Gasteiger charge is 2.80. The van der Waals surface area contributed by atoms with Crippen LogP contribution in [0.3, 0.4) is 0 Å². The maximum absolute atomic E-state index is 13.0. The topological polar surface area (TPSA) is 144 Å². The van der Waals surface area contributed by atoms with E-state index in [1.54, 1.807) is 19.2 Å². The lowest BCUT2D eigenvalue weighted by atomic mass is 9.71. The minimum absolute atomic E-state index is 0.347. The number of nitrogens with one attached hydrogen (secondary N) is 1. The maximum atomic E-state index is 13.0. The second kappa shape index (κ2) is 10.4. The van der Waals surface area contributed by atoms with Gasteiger partial charge in [0.15, 0.2) is 17.3 Å². The van der Waals surface area contributed by atoms with Gasteiger partial charge in [0.05, 0.1) is 38.3 Å². The third-order valence-electron chi connectivity index (χ3n) is 8.19. The van der Waals surface area contributed by atoms with Gasteiger partial charge >= 0.3 is 6.09 Å². The van der Waals surface area contributed by atoms with E-state index in [0.29, 0.717) is 60.1 Å². The average Bonchev–Trinajstić information content (AvgIpc) is 3.57. The number of carbonyl (C=O) groups is 1. The van der Waals surface area contributed by atoms with Gasteiger partial charge in [-0.15, -0.1) is 0 Å². The first-order chi connectivity index (χ1) is 20.0. The van der Waals surface area contributed by atoms with Crippen LogP contribution in [0.5, 0.6) is 23.0 Å². The molecule has 11 heteroatoms. The fraction of sp³-hybridized carbons (Fsp3) is 0.367. The number of benzene rings is 3. The van der Waals surface area contributed by atoms with E-state index in [-0.39, 0.29) is 0 Å². The summed E-state index contributed by atoms with van der Waals surface area (Å²) in [5.41, 5.74) is 7.16. The molecular weight excluding hydrogens is 528 g/mol. The highest BCUT2D eigenvalue weighted by molar-refractivity contribution is 5.74. The van der Waals surface area contributed by atoms with Crippen LogP contribution >= 0.6 is 0 Å². The van der Waals surface area contributed by atoms with Crippen LogP contribution in [0.1, 0.15) is 35.4 Å². The van der Waals surface area contributed by atoms with E-state index in [0.717, 1.165) is 5.56 Å². The van der Waals surface area contributed by atoms with Crippen LogP contribution in [0.4, 0.5) is 4.79 Å². The number of rotatable bonds is 10. The lowest BCUT2D eigenvalue weighted by Crippen LogP contribution is -2.52. The van der Waals surface area contributed by atoms with E-state index >= 15 is 0 Å². The van der Waals surface area contributed by atoms with E-state index < -0.39 is 35.4 Å². The highest BCUT2D eigenvalue weighted by Crippen LogP contribution is 2.69. The van der Waals surface area contributed by atoms with Gasteiger partial charge in [0.25, 0.3) is 0 Å². The summed E-state index contributed by atoms with van der Waals surface area (Å²) in [7, 11) is 3.10. The zero-order valence-corrected chi connectivity index (χ0v) is 22.6. The number of nitrogens with zero attached hydrogens (tertiary/aromatic N) is 3. The quantitative estimate of drug-likeness (QED) is 0.155. The Labute approximate surface area is 236 Å². The van der Waals surface area contributed by atoms with E-state index in [4.69, 9.17) is 29.2 Å². The van der Waals surface area contributed by atoms with Crippen molar-refractivity contribution in [2.24, 2.45) is 5.11 Å². The molecule has 0 radical (unpaired) electrons. The highest BCUT2D eigenvalue weighted by atomic mass is 16.6. The summed E-state index contributed by atoms with van der Waals surface area (Å²) in [4.78, 5) is 15.4. The number of methoxy groups -OCH3 is 2. The zero-order valence-electron chi connectivity index (χ0n) is 22.6. The molecule has 3 aromatic carbocycles. The van der Waals surface area contributed by atoms with Crippen molar-refractivity contribution in [3.05, 3.63) is 93.9 Å². The standard InChI is InChI=1S/C30H30N4O7/c1-37-20-12-10-19(11-13-20)30-24(18-8-4-3-5-9-18)26-27(40-28(35)33-26)29(30,36)25-22(38-2)16-21(17-23(25)41-30)39-15-7-6-14-32-34-31/h3-5,8-13,16-17,24,26-27,36H,6-7,14-15H2,1-2H3,(H,33,35)/t24-,26-,27-,29+,30+/m1/s1. The average molecular weight is 559 g/mol. The summed E-state index contributed by atoms with van der Waals surface area (Å²) in [6.07, 6.45) is -0.223. The van der Waals surface area contributed by atoms with Gasteiger partial charge in [-0.05, 0) is 41.6 Å². The molecule has 2 heterocycles. The minimum atomic E-state index is -1.83. The summed E-state index contributed by atoms with van der Waals surface area (Å²) < 4.78 is 30.0. The molecule has 3 aliphatic rings. The second-order valence-corrected chi connectivity index (χ2v) is 10.2. The van der Waals surface area contributed by atoms with Crippen molar-refractivity contribution >= 4 is 6.09 Å². The Hall–Kier alpha value is -4.60. The summed E-state index contributed by atoms with van der Waals surface area (Å²) >= 11 is 0. The number of azide groups is 1. The lowest BCUT2D eigenvalue weighted by Gasteiger charge is -2.41. The first kappa shape index (κ1) is 26.6. The zero-order chi connectivity index (χ0) is 28.6. The minimum Gasteiger partial charge on any atom is -0.497 e. The van der Waals surface area contributed by atoms with Crippen molar-refractivity contribution in [3.8, 4) is 23.0 Å². The van der Waals surface area contributed by atoms with Gasteiger partial charge in [-0.1, -0.05) is 47.6 Å². The molecule has 1 saturated heterocycles. The molecular formula is C30H30N4O7. The third-order valence-corrected chi connectivity index (χ3v) is 8.19.